The van der Waals surface area contributed by atoms with Gasteiger partial charge in [-0.25, -0.2) is 18.3 Å². The number of aromatic nitrogens is 3. The molecule has 0 spiro atoms. The van der Waals surface area contributed by atoms with Crippen LogP contribution in [0.2, 0.25) is 0 Å². The highest BCUT2D eigenvalue weighted by atomic mass is 79.9. The zero-order chi connectivity index (χ0) is 14.5. The van der Waals surface area contributed by atoms with E-state index in [0.717, 1.165) is 0 Å². The van der Waals surface area contributed by atoms with Crippen LogP contribution in [-0.4, -0.2) is 32.5 Å². The normalized spacial score (nSPS) is 18.0. The van der Waals surface area contributed by atoms with Gasteiger partial charge in [-0.3, -0.25) is 4.79 Å². The Morgan fingerprint density at radius 3 is 2.90 bits per heavy atom. The number of carbonyl (C=O) groups is 1. The van der Waals surface area contributed by atoms with E-state index in [1.54, 1.807) is 6.92 Å². The molecule has 0 unspecified atom stereocenters. The molecule has 106 valence electrons. The molecule has 2 aromatic rings. The highest BCUT2D eigenvalue weighted by molar-refractivity contribution is 9.10. The number of alkyl halides is 2. The molecule has 1 N–H and O–H groups in total. The first-order valence-corrected chi connectivity index (χ1v) is 6.85. The quantitative estimate of drug-likeness (QED) is 0.909. The number of halogens is 3. The summed E-state index contributed by atoms with van der Waals surface area (Å²) >= 11 is 3.33. The Bertz CT molecular complexity index is 692. The SMILES string of the molecule is Cc1nc2c(C(=O)NC3CC(F)(F)C3)ccnn2c1Br. The lowest BCUT2D eigenvalue weighted by atomic mass is 9.88. The molecule has 0 radical (unpaired) electrons. The number of hydrogen-bond donors (Lipinski definition) is 1. The number of amides is 1. The lowest BCUT2D eigenvalue weighted by Crippen LogP contribution is -2.50. The van der Waals surface area contributed by atoms with Crippen molar-refractivity contribution >= 4 is 27.5 Å². The summed E-state index contributed by atoms with van der Waals surface area (Å²) in [5.41, 5.74) is 1.43. The Hall–Kier alpha value is -1.57. The predicted molar refractivity (Wildman–Crippen MR) is 70.9 cm³/mol. The predicted octanol–water partition coefficient (Wildman–Crippen LogP) is 2.33. The van der Waals surface area contributed by atoms with Crippen molar-refractivity contribution in [3.63, 3.8) is 0 Å². The lowest BCUT2D eigenvalue weighted by Gasteiger charge is -2.35. The number of fused-ring (bicyclic) bond motifs is 1. The van der Waals surface area contributed by atoms with Crippen LogP contribution in [0.15, 0.2) is 16.9 Å². The molecular formula is C12H11BrF2N4O. The van der Waals surface area contributed by atoms with Gasteiger partial charge in [-0.05, 0) is 28.9 Å². The molecular weight excluding hydrogens is 334 g/mol. The first kappa shape index (κ1) is 13.4. The van der Waals surface area contributed by atoms with Gasteiger partial charge in [0.05, 0.1) is 11.3 Å². The van der Waals surface area contributed by atoms with Crippen molar-refractivity contribution in [2.45, 2.75) is 31.7 Å². The van der Waals surface area contributed by atoms with Crippen molar-refractivity contribution in [2.75, 3.05) is 0 Å². The van der Waals surface area contributed by atoms with Crippen LogP contribution < -0.4 is 5.32 Å². The average molecular weight is 345 g/mol. The van der Waals surface area contributed by atoms with Gasteiger partial charge >= 0.3 is 0 Å². The third-order valence-corrected chi connectivity index (χ3v) is 4.20. The molecule has 8 heteroatoms. The Labute approximate surface area is 121 Å². The van der Waals surface area contributed by atoms with Crippen molar-refractivity contribution in [1.82, 2.24) is 19.9 Å². The standard InChI is InChI=1S/C12H11BrF2N4O/c1-6-9(13)19-10(17-6)8(2-3-16-19)11(20)18-7-4-12(14,15)5-7/h2-3,7H,4-5H2,1H3,(H,18,20). The van der Waals surface area contributed by atoms with E-state index in [1.807, 2.05) is 0 Å². The molecule has 0 aromatic carbocycles. The molecule has 1 amide bonds. The van der Waals surface area contributed by atoms with E-state index in [4.69, 9.17) is 0 Å². The molecule has 20 heavy (non-hydrogen) atoms. The van der Waals surface area contributed by atoms with Crippen LogP contribution >= 0.6 is 15.9 Å². The molecule has 1 fully saturated rings. The van der Waals surface area contributed by atoms with Gasteiger partial charge in [0, 0.05) is 25.1 Å². The topological polar surface area (TPSA) is 59.3 Å². The first-order chi connectivity index (χ1) is 9.37. The maximum absolute atomic E-state index is 12.8. The third-order valence-electron chi connectivity index (χ3n) is 3.29. The van der Waals surface area contributed by atoms with Crippen LogP contribution in [-0.2, 0) is 0 Å². The minimum Gasteiger partial charge on any atom is -0.349 e. The number of imidazole rings is 1. The fourth-order valence-corrected chi connectivity index (χ4v) is 2.58. The van der Waals surface area contributed by atoms with Crippen molar-refractivity contribution in [1.29, 1.82) is 0 Å². The number of hydrogen-bond acceptors (Lipinski definition) is 3. The molecule has 2 aromatic heterocycles. The molecule has 1 saturated carbocycles. The van der Waals surface area contributed by atoms with E-state index < -0.39 is 17.9 Å². The second-order valence-corrected chi connectivity index (χ2v) is 5.65. The number of rotatable bonds is 2. The minimum absolute atomic E-state index is 0.308. The van der Waals surface area contributed by atoms with Crippen LogP contribution in [0.4, 0.5) is 8.78 Å². The molecule has 0 atom stereocenters. The smallest absolute Gasteiger partial charge is 0.255 e. The molecule has 0 saturated heterocycles. The Morgan fingerprint density at radius 1 is 1.55 bits per heavy atom. The Morgan fingerprint density at radius 2 is 2.25 bits per heavy atom. The van der Waals surface area contributed by atoms with Gasteiger partial charge in [-0.1, -0.05) is 0 Å². The molecule has 3 rings (SSSR count). The summed E-state index contributed by atoms with van der Waals surface area (Å²) in [5.74, 6) is -3.06. The summed E-state index contributed by atoms with van der Waals surface area (Å²) in [6.07, 6.45) is 0.859. The summed E-state index contributed by atoms with van der Waals surface area (Å²) < 4.78 is 27.7. The van der Waals surface area contributed by atoms with Gasteiger partial charge in [0.15, 0.2) is 5.65 Å². The van der Waals surface area contributed by atoms with Crippen molar-refractivity contribution in [2.24, 2.45) is 0 Å². The second-order valence-electron chi connectivity index (χ2n) is 4.90. The first-order valence-electron chi connectivity index (χ1n) is 6.06. The Balaban J connectivity index is 1.87. The van der Waals surface area contributed by atoms with Gasteiger partial charge in [-0.2, -0.15) is 5.10 Å². The monoisotopic (exact) mass is 344 g/mol. The zero-order valence-corrected chi connectivity index (χ0v) is 12.1. The molecule has 0 bridgehead atoms. The van der Waals surface area contributed by atoms with E-state index >= 15 is 0 Å². The number of carbonyl (C=O) groups excluding carboxylic acids is 1. The summed E-state index contributed by atoms with van der Waals surface area (Å²) in [4.78, 5) is 16.4. The van der Waals surface area contributed by atoms with Gasteiger partial charge in [-0.15, -0.1) is 0 Å². The van der Waals surface area contributed by atoms with Gasteiger partial charge in [0.25, 0.3) is 11.8 Å². The van der Waals surface area contributed by atoms with Gasteiger partial charge < -0.3 is 5.32 Å². The number of nitrogens with one attached hydrogen (secondary N) is 1. The van der Waals surface area contributed by atoms with E-state index in [-0.39, 0.29) is 12.8 Å². The highest BCUT2D eigenvalue weighted by Crippen LogP contribution is 2.37. The lowest BCUT2D eigenvalue weighted by molar-refractivity contribution is -0.0901. The van der Waals surface area contributed by atoms with Gasteiger partial charge in [0.1, 0.15) is 4.60 Å². The zero-order valence-electron chi connectivity index (χ0n) is 10.5. The van der Waals surface area contributed by atoms with E-state index in [2.05, 4.69) is 31.3 Å². The van der Waals surface area contributed by atoms with Crippen LogP contribution in [0.3, 0.4) is 0 Å². The van der Waals surface area contributed by atoms with Crippen molar-refractivity contribution < 1.29 is 13.6 Å². The maximum atomic E-state index is 12.8. The number of aryl methyl sites for hydroxylation is 1. The third kappa shape index (κ3) is 2.17. The van der Waals surface area contributed by atoms with Crippen LogP contribution in [0.25, 0.3) is 5.65 Å². The second kappa shape index (κ2) is 4.47. The van der Waals surface area contributed by atoms with Crippen LogP contribution in [0, 0.1) is 6.92 Å². The fourth-order valence-electron chi connectivity index (χ4n) is 2.23. The molecule has 0 aliphatic heterocycles. The number of nitrogens with zero attached hydrogens (tertiary/aromatic N) is 3. The van der Waals surface area contributed by atoms with Gasteiger partial charge in [0.2, 0.25) is 0 Å². The average Bonchev–Trinajstić information content (AvgIpc) is 2.63. The molecule has 1 aliphatic carbocycles. The van der Waals surface area contributed by atoms with Crippen molar-refractivity contribution in [3.8, 4) is 0 Å². The summed E-state index contributed by atoms with van der Waals surface area (Å²) in [6, 6.07) is 1.05. The summed E-state index contributed by atoms with van der Waals surface area (Å²) in [6.45, 7) is 1.78. The van der Waals surface area contributed by atoms with E-state index in [9.17, 15) is 13.6 Å². The molecule has 5 nitrogen and oxygen atoms in total. The summed E-state index contributed by atoms with van der Waals surface area (Å²) in [5, 5.41) is 6.68. The minimum atomic E-state index is -2.65. The van der Waals surface area contributed by atoms with E-state index in [0.29, 0.717) is 21.5 Å². The summed E-state index contributed by atoms with van der Waals surface area (Å²) in [7, 11) is 0. The highest BCUT2D eigenvalue weighted by Gasteiger charge is 2.46. The van der Waals surface area contributed by atoms with E-state index in [1.165, 1.54) is 16.8 Å². The fraction of sp³-hybridized carbons (Fsp3) is 0.417. The molecule has 1 aliphatic rings. The van der Waals surface area contributed by atoms with Crippen LogP contribution in [0.1, 0.15) is 28.9 Å². The van der Waals surface area contributed by atoms with Crippen LogP contribution in [0.5, 0.6) is 0 Å². The maximum Gasteiger partial charge on any atom is 0.255 e. The Kier molecular flexibility index (Phi) is 3.00. The molecule has 2 heterocycles. The van der Waals surface area contributed by atoms with Crippen molar-refractivity contribution in [3.05, 3.63) is 28.1 Å². The largest absolute Gasteiger partial charge is 0.349 e.